The molecule has 0 atom stereocenters. The van der Waals surface area contributed by atoms with Crippen LogP contribution < -0.4 is 5.32 Å². The number of carbonyl (C=O) groups excluding carboxylic acids is 2. The lowest BCUT2D eigenvalue weighted by atomic mass is 9.94. The van der Waals surface area contributed by atoms with Crippen molar-refractivity contribution >= 4 is 11.7 Å². The average molecular weight is 235 g/mol. The molecule has 5 nitrogen and oxygen atoms in total. The van der Waals surface area contributed by atoms with Crippen LogP contribution in [0.5, 0.6) is 0 Å². The van der Waals surface area contributed by atoms with Gasteiger partial charge >= 0.3 is 0 Å². The van der Waals surface area contributed by atoms with E-state index in [0.717, 1.165) is 18.5 Å². The summed E-state index contributed by atoms with van der Waals surface area (Å²) >= 11 is 0. The highest BCUT2D eigenvalue weighted by Crippen LogP contribution is 2.15. The van der Waals surface area contributed by atoms with Gasteiger partial charge in [-0.2, -0.15) is 5.10 Å². The first-order valence-electron chi connectivity index (χ1n) is 5.89. The molecule has 17 heavy (non-hydrogen) atoms. The van der Waals surface area contributed by atoms with Crippen molar-refractivity contribution in [3.63, 3.8) is 0 Å². The van der Waals surface area contributed by atoms with Crippen molar-refractivity contribution in [1.29, 1.82) is 0 Å². The molecule has 0 aliphatic heterocycles. The second kappa shape index (κ2) is 4.69. The van der Waals surface area contributed by atoms with E-state index in [2.05, 4.69) is 10.4 Å². The van der Waals surface area contributed by atoms with Gasteiger partial charge in [-0.25, -0.2) is 0 Å². The van der Waals surface area contributed by atoms with Gasteiger partial charge in [0.05, 0.1) is 5.69 Å². The maximum atomic E-state index is 12.0. The molecule has 1 fully saturated rings. The van der Waals surface area contributed by atoms with E-state index in [1.165, 1.54) is 0 Å². The van der Waals surface area contributed by atoms with Crippen LogP contribution in [0.15, 0.2) is 6.07 Å². The van der Waals surface area contributed by atoms with Crippen molar-refractivity contribution < 1.29 is 9.59 Å². The Balaban J connectivity index is 1.97. The highest BCUT2D eigenvalue weighted by atomic mass is 16.2. The second-order valence-corrected chi connectivity index (χ2v) is 4.58. The molecule has 1 aromatic rings. The van der Waals surface area contributed by atoms with Crippen molar-refractivity contribution in [3.8, 4) is 0 Å². The number of rotatable bonds is 2. The standard InChI is InChI=1S/C12H17N3O2/c1-8-7-11(15(2)14-8)12(17)13-9-3-5-10(16)6-4-9/h7,9H,3-6H2,1-2H3,(H,13,17). The Bertz CT molecular complexity index is 441. The molecule has 1 aromatic heterocycles. The van der Waals surface area contributed by atoms with Gasteiger partial charge in [-0.15, -0.1) is 0 Å². The molecule has 5 heteroatoms. The average Bonchev–Trinajstić information content (AvgIpc) is 2.61. The molecule has 0 unspecified atom stereocenters. The van der Waals surface area contributed by atoms with Gasteiger partial charge in [-0.05, 0) is 25.8 Å². The third kappa shape index (κ3) is 2.72. The van der Waals surface area contributed by atoms with E-state index in [1.807, 2.05) is 6.92 Å². The van der Waals surface area contributed by atoms with Gasteiger partial charge in [0.25, 0.3) is 5.91 Å². The minimum Gasteiger partial charge on any atom is -0.348 e. The normalized spacial score (nSPS) is 17.2. The predicted molar refractivity (Wildman–Crippen MR) is 62.7 cm³/mol. The minimum absolute atomic E-state index is 0.104. The molecule has 0 aromatic carbocycles. The number of Topliss-reactive ketones (excluding diaryl/α,β-unsaturated/α-hetero) is 1. The largest absolute Gasteiger partial charge is 0.348 e. The smallest absolute Gasteiger partial charge is 0.269 e. The summed E-state index contributed by atoms with van der Waals surface area (Å²) in [6.45, 7) is 1.86. The fourth-order valence-corrected chi connectivity index (χ4v) is 2.17. The highest BCUT2D eigenvalue weighted by molar-refractivity contribution is 5.93. The summed E-state index contributed by atoms with van der Waals surface area (Å²) in [5.74, 6) is 0.194. The molecule has 2 rings (SSSR count). The van der Waals surface area contributed by atoms with Crippen molar-refractivity contribution in [3.05, 3.63) is 17.5 Å². The predicted octanol–water partition coefficient (Wildman–Crippen LogP) is 0.970. The van der Waals surface area contributed by atoms with Crippen LogP contribution in [0.2, 0.25) is 0 Å². The third-order valence-corrected chi connectivity index (χ3v) is 3.11. The Kier molecular flexibility index (Phi) is 3.26. The van der Waals surface area contributed by atoms with E-state index < -0.39 is 0 Å². The van der Waals surface area contributed by atoms with Gasteiger partial charge in [0.15, 0.2) is 0 Å². The topological polar surface area (TPSA) is 64.0 Å². The Morgan fingerprint density at radius 2 is 2.12 bits per heavy atom. The fraction of sp³-hybridized carbons (Fsp3) is 0.583. The zero-order valence-corrected chi connectivity index (χ0v) is 10.2. The summed E-state index contributed by atoms with van der Waals surface area (Å²) in [5.41, 5.74) is 1.40. The van der Waals surface area contributed by atoms with E-state index in [4.69, 9.17) is 0 Å². The molecule has 1 N–H and O–H groups in total. The molecule has 1 aliphatic carbocycles. The molecule has 0 radical (unpaired) electrons. The first kappa shape index (κ1) is 11.8. The first-order valence-corrected chi connectivity index (χ1v) is 5.89. The van der Waals surface area contributed by atoms with Crippen LogP contribution >= 0.6 is 0 Å². The van der Waals surface area contributed by atoms with E-state index >= 15 is 0 Å². The fourth-order valence-electron chi connectivity index (χ4n) is 2.17. The summed E-state index contributed by atoms with van der Waals surface area (Å²) in [7, 11) is 1.76. The molecule has 1 amide bonds. The highest BCUT2D eigenvalue weighted by Gasteiger charge is 2.21. The molecule has 0 bridgehead atoms. The van der Waals surface area contributed by atoms with Crippen molar-refractivity contribution in [2.45, 2.75) is 38.6 Å². The number of amides is 1. The van der Waals surface area contributed by atoms with Crippen LogP contribution in [0.25, 0.3) is 0 Å². The van der Waals surface area contributed by atoms with E-state index in [0.29, 0.717) is 24.3 Å². The maximum absolute atomic E-state index is 12.0. The van der Waals surface area contributed by atoms with Crippen LogP contribution in [0.4, 0.5) is 0 Å². The van der Waals surface area contributed by atoms with Gasteiger partial charge in [0, 0.05) is 25.9 Å². The van der Waals surface area contributed by atoms with Crippen LogP contribution in [0.1, 0.15) is 41.9 Å². The number of ketones is 1. The zero-order valence-electron chi connectivity index (χ0n) is 10.2. The van der Waals surface area contributed by atoms with Gasteiger partial charge in [0.1, 0.15) is 11.5 Å². The van der Waals surface area contributed by atoms with Crippen molar-refractivity contribution in [2.24, 2.45) is 7.05 Å². The molecule has 0 saturated heterocycles. The monoisotopic (exact) mass is 235 g/mol. The molecule has 0 spiro atoms. The molecule has 1 heterocycles. The SMILES string of the molecule is Cc1cc(C(=O)NC2CCC(=O)CC2)n(C)n1. The number of aryl methyl sites for hydroxylation is 2. The van der Waals surface area contributed by atoms with E-state index in [1.54, 1.807) is 17.8 Å². The number of hydrogen-bond donors (Lipinski definition) is 1. The second-order valence-electron chi connectivity index (χ2n) is 4.58. The lowest BCUT2D eigenvalue weighted by Gasteiger charge is -2.21. The van der Waals surface area contributed by atoms with Gasteiger partial charge in [-0.3, -0.25) is 14.3 Å². The molecular weight excluding hydrogens is 218 g/mol. The minimum atomic E-state index is -0.104. The maximum Gasteiger partial charge on any atom is 0.269 e. The molecule has 92 valence electrons. The molecule has 1 aliphatic rings. The Morgan fingerprint density at radius 3 is 2.65 bits per heavy atom. The number of carbonyl (C=O) groups is 2. The Labute approximate surface area is 100 Å². The van der Waals surface area contributed by atoms with Gasteiger partial charge < -0.3 is 5.32 Å². The summed E-state index contributed by atoms with van der Waals surface area (Å²) in [4.78, 5) is 23.1. The van der Waals surface area contributed by atoms with Crippen molar-refractivity contribution in [1.82, 2.24) is 15.1 Å². The van der Waals surface area contributed by atoms with Crippen LogP contribution in [-0.4, -0.2) is 27.5 Å². The summed E-state index contributed by atoms with van der Waals surface area (Å²) in [6, 6.07) is 1.89. The van der Waals surface area contributed by atoms with Crippen LogP contribution in [0.3, 0.4) is 0 Å². The van der Waals surface area contributed by atoms with Crippen LogP contribution in [-0.2, 0) is 11.8 Å². The third-order valence-electron chi connectivity index (χ3n) is 3.11. The molecular formula is C12H17N3O2. The Morgan fingerprint density at radius 1 is 1.47 bits per heavy atom. The number of nitrogens with zero attached hydrogens (tertiary/aromatic N) is 2. The van der Waals surface area contributed by atoms with E-state index in [-0.39, 0.29) is 11.9 Å². The number of nitrogens with one attached hydrogen (secondary N) is 1. The number of hydrogen-bond acceptors (Lipinski definition) is 3. The lowest BCUT2D eigenvalue weighted by Crippen LogP contribution is -2.38. The van der Waals surface area contributed by atoms with Gasteiger partial charge in [0.2, 0.25) is 0 Å². The quantitative estimate of drug-likeness (QED) is 0.830. The van der Waals surface area contributed by atoms with E-state index in [9.17, 15) is 9.59 Å². The number of aromatic nitrogens is 2. The van der Waals surface area contributed by atoms with Gasteiger partial charge in [-0.1, -0.05) is 0 Å². The van der Waals surface area contributed by atoms with Crippen molar-refractivity contribution in [2.75, 3.05) is 0 Å². The summed E-state index contributed by atoms with van der Waals surface area (Å²) in [5, 5.41) is 7.10. The van der Waals surface area contributed by atoms with Crippen LogP contribution in [0, 0.1) is 6.92 Å². The Hall–Kier alpha value is -1.65. The lowest BCUT2D eigenvalue weighted by molar-refractivity contribution is -0.120. The summed E-state index contributed by atoms with van der Waals surface area (Å²) in [6.07, 6.45) is 2.66. The summed E-state index contributed by atoms with van der Waals surface area (Å²) < 4.78 is 1.58. The zero-order chi connectivity index (χ0) is 12.4. The first-order chi connectivity index (χ1) is 8.06. The molecule has 1 saturated carbocycles.